The maximum atomic E-state index is 15.4. The van der Waals surface area contributed by atoms with Crippen LogP contribution in [-0.4, -0.2) is 285 Å². The molecule has 782 valence electrons. The number of piperidine rings is 6. The van der Waals surface area contributed by atoms with Gasteiger partial charge in [0, 0.05) is 226 Å². The van der Waals surface area contributed by atoms with Gasteiger partial charge in [-0.2, -0.15) is 44.9 Å². The van der Waals surface area contributed by atoms with Gasteiger partial charge in [0.2, 0.25) is 142 Å². The van der Waals surface area contributed by atoms with E-state index < -0.39 is 162 Å². The van der Waals surface area contributed by atoms with Crippen molar-refractivity contribution in [2.75, 3.05) is 63.7 Å². The molecular formula is C102H164N24O15. The number of hydrogen-bond donors (Lipinski definition) is 0. The number of anilines is 9. The van der Waals surface area contributed by atoms with Gasteiger partial charge >= 0.3 is 0 Å². The van der Waals surface area contributed by atoms with E-state index in [0.717, 1.165) is 0 Å². The van der Waals surface area contributed by atoms with Crippen molar-refractivity contribution in [2.45, 2.75) is 482 Å². The molecule has 1 atom stereocenters. The summed E-state index contributed by atoms with van der Waals surface area (Å²) in [5, 5.41) is 0. The molecule has 9 heterocycles. The van der Waals surface area contributed by atoms with E-state index in [1.54, 1.807) is 9.80 Å². The normalized spacial score (nSPS) is 20.9. The highest BCUT2D eigenvalue weighted by Gasteiger charge is 2.58. The molecule has 0 radical (unpaired) electrons. The predicted octanol–water partition coefficient (Wildman–Crippen LogP) is 12.8. The van der Waals surface area contributed by atoms with Crippen molar-refractivity contribution in [2.24, 2.45) is 5.92 Å². The van der Waals surface area contributed by atoms with Gasteiger partial charge in [-0.1, -0.05) is 6.42 Å². The summed E-state index contributed by atoms with van der Waals surface area (Å²) < 4.78 is 0. The number of aromatic nitrogens is 9. The molecule has 0 N–H and O–H groups in total. The van der Waals surface area contributed by atoms with Gasteiger partial charge in [-0.15, -0.1) is 0 Å². The highest BCUT2D eigenvalue weighted by molar-refractivity contribution is 5.98. The minimum atomic E-state index is -0.856. The Morgan fingerprint density at radius 1 is 0.213 bits per heavy atom. The van der Waals surface area contributed by atoms with E-state index in [0.29, 0.717) is 0 Å². The average molecular weight is 1970 g/mol. The number of carbonyl (C=O) groups is 15. The number of nitrogens with zero attached hydrogens (tertiary/aromatic N) is 24. The summed E-state index contributed by atoms with van der Waals surface area (Å²) >= 11 is 0. The SMILES string of the molecule is CC(=O)N(CCCCC(CCCN(C(C)=O)c1nc(N(C(C)=O)C2CC(C)(C)N(C(C)=O)C(C)(C)C2)nc(N(C(C)=O)C2CC(C)(C)N(C(C)=O)C(C)(C)C2)n1)CN(C(C)=O)c1nc(N(C(C)=O)C2CC(C)(C)N(C(C)=O)C(C)(C)C2)nc(N(C(C)=O)C2CC(C)(C)N(C(C)=O)C(C)(C)C2)n1)c1nc(N(C(C)=O)C2CC(C)(C)N(C(C)=O)C(C)(C)C2)nc(N(C(C)=O)C2CC(C)(C)N(C(C)=O)C(C)(C)C2)n1. The standard InChI is InChI=1S/C102H164N24O15/c1-60(127)112(82-103-85(115(63(4)130)76-47-91(16,17)121(69(10)136)92(18,19)48-76)109-86(104-82)116(64(5)131)77-49-93(20,21)122(70(11)137)94(22,23)50-77)45-41-40-43-75(59-114(62(3)129)84-107-89(119(67(8)134)80-55-99(32,33)125(73(14)140)100(34,35)56-80)111-90(108-84)120(68(9)135)81-57-101(36,37)126(74(15)141)102(38,39)58-81)44-42-46-113(61(2)128)83-105-87(117(65(6)132)78-51-95(24,25)123(71(12)138)96(26,27)52-78)110-88(106-83)118(66(7)133)79-53-97(28,29)124(72(13)139)98(30,31)54-79/h75-81H,40-59H2,1-39H3. The lowest BCUT2D eigenvalue weighted by Crippen LogP contribution is -2.66. The van der Waals surface area contributed by atoms with Crippen molar-refractivity contribution in [3.63, 3.8) is 0 Å². The molecule has 0 saturated carbocycles. The zero-order valence-corrected chi connectivity index (χ0v) is 92.0. The molecule has 3 aromatic heterocycles. The van der Waals surface area contributed by atoms with Crippen molar-refractivity contribution in [3.8, 4) is 0 Å². The third-order valence-electron chi connectivity index (χ3n) is 29.8. The number of amides is 15. The highest BCUT2D eigenvalue weighted by atomic mass is 16.2. The number of likely N-dealkylation sites (tertiary alicyclic amines) is 6. The first-order valence-corrected chi connectivity index (χ1v) is 50.0. The fraction of sp³-hybridized carbons (Fsp3) is 0.765. The molecule has 6 aliphatic heterocycles. The summed E-state index contributed by atoms with van der Waals surface area (Å²) in [5.41, 5.74) is -10.0. The van der Waals surface area contributed by atoms with E-state index in [2.05, 4.69) is 0 Å². The first-order chi connectivity index (χ1) is 64.2. The topological polar surface area (TPSA) is 421 Å². The van der Waals surface area contributed by atoms with Crippen LogP contribution >= 0.6 is 0 Å². The Bertz CT molecular complexity index is 4990. The van der Waals surface area contributed by atoms with Gasteiger partial charge in [-0.25, -0.2) is 0 Å². The fourth-order valence-electron chi connectivity index (χ4n) is 28.0. The Hall–Kier alpha value is -10.9. The van der Waals surface area contributed by atoms with Gasteiger partial charge in [0.15, 0.2) is 0 Å². The Balaban J connectivity index is 1.24. The maximum Gasteiger partial charge on any atom is 0.239 e. The number of hydrogen-bond acceptors (Lipinski definition) is 24. The second-order valence-corrected chi connectivity index (χ2v) is 48.3. The van der Waals surface area contributed by atoms with Gasteiger partial charge in [0.05, 0.1) is 0 Å². The van der Waals surface area contributed by atoms with Crippen LogP contribution in [0.25, 0.3) is 0 Å². The predicted molar refractivity (Wildman–Crippen MR) is 541 cm³/mol. The van der Waals surface area contributed by atoms with Crippen LogP contribution in [0.4, 0.5) is 53.5 Å². The second kappa shape index (κ2) is 40.7. The third-order valence-corrected chi connectivity index (χ3v) is 29.8. The quantitative estimate of drug-likeness (QED) is 0.0674. The summed E-state index contributed by atoms with van der Waals surface area (Å²) in [7, 11) is 0. The van der Waals surface area contributed by atoms with Crippen LogP contribution in [0.15, 0.2) is 0 Å². The maximum absolute atomic E-state index is 15.4. The summed E-state index contributed by atoms with van der Waals surface area (Å²) in [6.45, 7) is 67.1. The molecular weight excluding hydrogens is 1800 g/mol. The minimum Gasteiger partial charge on any atom is -0.333 e. The van der Waals surface area contributed by atoms with Gasteiger partial charge in [-0.3, -0.25) is 116 Å². The van der Waals surface area contributed by atoms with E-state index in [9.17, 15) is 62.3 Å². The fourth-order valence-corrected chi connectivity index (χ4v) is 28.0. The average Bonchev–Trinajstić information content (AvgIpc) is 0.754. The van der Waals surface area contributed by atoms with E-state index in [1.165, 1.54) is 148 Å². The molecule has 6 fully saturated rings. The van der Waals surface area contributed by atoms with Crippen LogP contribution in [0.3, 0.4) is 0 Å². The van der Waals surface area contributed by atoms with E-state index >= 15 is 9.59 Å². The van der Waals surface area contributed by atoms with Gasteiger partial charge < -0.3 is 29.4 Å². The summed E-state index contributed by atoms with van der Waals surface area (Å²) in [6.07, 6.45) is 3.98. The Morgan fingerprint density at radius 2 is 0.355 bits per heavy atom. The molecule has 0 bridgehead atoms. The zero-order valence-electron chi connectivity index (χ0n) is 92.0. The largest absolute Gasteiger partial charge is 0.333 e. The lowest BCUT2D eigenvalue weighted by atomic mass is 9.76. The van der Waals surface area contributed by atoms with Crippen LogP contribution in [-0.2, 0) is 71.9 Å². The lowest BCUT2D eigenvalue weighted by molar-refractivity contribution is -0.148. The van der Waals surface area contributed by atoms with Gasteiger partial charge in [-0.05, 0) is 275 Å². The van der Waals surface area contributed by atoms with Gasteiger partial charge in [0.25, 0.3) is 0 Å². The Kier molecular flexibility index (Phi) is 32.8. The van der Waals surface area contributed by atoms with Crippen molar-refractivity contribution >= 4 is 142 Å². The molecule has 0 aliphatic carbocycles. The molecule has 6 saturated heterocycles. The van der Waals surface area contributed by atoms with Crippen LogP contribution in [0.2, 0.25) is 0 Å². The van der Waals surface area contributed by atoms with Crippen LogP contribution in [0.1, 0.15) is 379 Å². The summed E-state index contributed by atoms with van der Waals surface area (Å²) in [5.74, 6) is -7.99. The van der Waals surface area contributed by atoms with E-state index in [1.807, 2.05) is 186 Å². The molecule has 141 heavy (non-hydrogen) atoms. The first kappa shape index (κ1) is 114. The molecule has 39 heteroatoms. The molecule has 0 aromatic carbocycles. The monoisotopic (exact) mass is 1970 g/mol. The molecule has 15 amide bonds. The molecule has 9 rings (SSSR count). The Labute approximate surface area is 835 Å². The van der Waals surface area contributed by atoms with Crippen LogP contribution in [0, 0.1) is 5.92 Å². The zero-order chi connectivity index (χ0) is 107. The highest BCUT2D eigenvalue weighted by Crippen LogP contribution is 2.50. The van der Waals surface area contributed by atoms with Crippen LogP contribution < -0.4 is 44.1 Å². The van der Waals surface area contributed by atoms with Crippen LogP contribution in [0.5, 0.6) is 0 Å². The number of carbonyl (C=O) groups excluding carboxylic acids is 15. The molecule has 3 aromatic rings. The smallest absolute Gasteiger partial charge is 0.239 e. The van der Waals surface area contributed by atoms with Crippen molar-refractivity contribution in [1.29, 1.82) is 0 Å². The molecule has 39 nitrogen and oxygen atoms in total. The molecule has 0 spiro atoms. The van der Waals surface area contributed by atoms with Crippen molar-refractivity contribution in [3.05, 3.63) is 0 Å². The first-order valence-electron chi connectivity index (χ1n) is 50.0. The second-order valence-electron chi connectivity index (χ2n) is 48.3. The summed E-state index contributed by atoms with van der Waals surface area (Å²) in [6, 6.07) is -4.02. The Morgan fingerprint density at radius 3 is 0.504 bits per heavy atom. The molecule has 1 unspecified atom stereocenters. The van der Waals surface area contributed by atoms with Crippen molar-refractivity contribution < 1.29 is 71.9 Å². The van der Waals surface area contributed by atoms with Gasteiger partial charge in [0.1, 0.15) is 0 Å². The van der Waals surface area contributed by atoms with E-state index in [-0.39, 0.29) is 218 Å². The van der Waals surface area contributed by atoms with Crippen molar-refractivity contribution in [1.82, 2.24) is 74.3 Å². The number of rotatable bonds is 26. The third kappa shape index (κ3) is 24.1. The lowest BCUT2D eigenvalue weighted by Gasteiger charge is -2.56. The summed E-state index contributed by atoms with van der Waals surface area (Å²) in [4.78, 5) is 285. The van der Waals surface area contributed by atoms with E-state index in [4.69, 9.17) is 44.9 Å². The molecule has 6 aliphatic rings. The minimum absolute atomic E-state index is 0.0954. The number of unbranched alkanes of at least 4 members (excludes halogenated alkanes) is 1.